The Labute approximate surface area is 115 Å². The zero-order valence-electron chi connectivity index (χ0n) is 12.2. The first-order chi connectivity index (χ1) is 8.72. The van der Waals surface area contributed by atoms with Crippen molar-refractivity contribution in [1.29, 1.82) is 0 Å². The zero-order chi connectivity index (χ0) is 14.6. The maximum atomic E-state index is 11.1. The van der Waals surface area contributed by atoms with E-state index in [1.807, 2.05) is 18.2 Å². The quantitative estimate of drug-likeness (QED) is 0.632. The molecule has 0 saturated carbocycles. The maximum Gasteiger partial charge on any atom is 0.327 e. The number of hydrogen-bond acceptors (Lipinski definition) is 3. The van der Waals surface area contributed by atoms with Gasteiger partial charge in [-0.3, -0.25) is 9.09 Å². The van der Waals surface area contributed by atoms with Gasteiger partial charge in [0.1, 0.15) is 5.75 Å². The van der Waals surface area contributed by atoms with Gasteiger partial charge < -0.3 is 9.63 Å². The second-order valence-corrected chi connectivity index (χ2v) is 7.13. The lowest BCUT2D eigenvalue weighted by Gasteiger charge is -2.20. The van der Waals surface area contributed by atoms with Crippen molar-refractivity contribution in [1.82, 2.24) is 0 Å². The van der Waals surface area contributed by atoms with Crippen LogP contribution in [0.3, 0.4) is 0 Å². The lowest BCUT2D eigenvalue weighted by Crippen LogP contribution is -2.07. The molecule has 1 aromatic carbocycles. The molecule has 0 spiro atoms. The van der Waals surface area contributed by atoms with E-state index in [-0.39, 0.29) is 6.79 Å². The van der Waals surface area contributed by atoms with Gasteiger partial charge in [-0.1, -0.05) is 45.9 Å². The third kappa shape index (κ3) is 4.98. The fourth-order valence-corrected chi connectivity index (χ4v) is 2.08. The lowest BCUT2D eigenvalue weighted by atomic mass is 9.94. The smallest absolute Gasteiger partial charge is 0.327 e. The van der Waals surface area contributed by atoms with Crippen LogP contribution in [-0.4, -0.2) is 18.4 Å². The SMILES string of the molecule is CC(C)c1cccc(C(C)C)c1OCOP(C)(=O)O. The number of rotatable bonds is 6. The minimum absolute atomic E-state index is 0.215. The Kier molecular flexibility index (Phi) is 5.60. The Morgan fingerprint density at radius 1 is 1.16 bits per heavy atom. The first kappa shape index (κ1) is 16.2. The molecule has 0 heterocycles. The molecular formula is C14H23O4P. The summed E-state index contributed by atoms with van der Waals surface area (Å²) in [7, 11) is -3.51. The molecular weight excluding hydrogens is 263 g/mol. The summed E-state index contributed by atoms with van der Waals surface area (Å²) in [6, 6.07) is 6.03. The van der Waals surface area contributed by atoms with E-state index in [2.05, 4.69) is 27.7 Å². The van der Waals surface area contributed by atoms with E-state index in [1.54, 1.807) is 0 Å². The molecule has 1 atom stereocenters. The molecule has 1 N–H and O–H groups in total. The van der Waals surface area contributed by atoms with E-state index in [0.29, 0.717) is 11.8 Å². The number of benzene rings is 1. The predicted molar refractivity (Wildman–Crippen MR) is 76.9 cm³/mol. The fraction of sp³-hybridized carbons (Fsp3) is 0.571. The van der Waals surface area contributed by atoms with Crippen LogP contribution in [0, 0.1) is 0 Å². The summed E-state index contributed by atoms with van der Waals surface area (Å²) in [6.45, 7) is 9.28. The van der Waals surface area contributed by atoms with Crippen molar-refractivity contribution in [2.75, 3.05) is 13.5 Å². The van der Waals surface area contributed by atoms with Crippen LogP contribution < -0.4 is 4.74 Å². The Morgan fingerprint density at radius 2 is 1.63 bits per heavy atom. The molecule has 0 fully saturated rings. The number of para-hydroxylation sites is 1. The maximum absolute atomic E-state index is 11.1. The predicted octanol–water partition coefficient (Wildman–Crippen LogP) is 4.10. The Bertz CT molecular complexity index is 436. The van der Waals surface area contributed by atoms with Gasteiger partial charge in [0.15, 0.2) is 6.79 Å². The first-order valence-corrected chi connectivity index (χ1v) is 8.45. The molecule has 0 aliphatic rings. The van der Waals surface area contributed by atoms with Gasteiger partial charge in [0.25, 0.3) is 0 Å². The van der Waals surface area contributed by atoms with E-state index in [4.69, 9.17) is 14.2 Å². The summed E-state index contributed by atoms with van der Waals surface area (Å²) in [5.41, 5.74) is 2.16. The average molecular weight is 286 g/mol. The van der Waals surface area contributed by atoms with Crippen molar-refractivity contribution in [3.8, 4) is 5.75 Å². The highest BCUT2D eigenvalue weighted by Crippen LogP contribution is 2.38. The molecule has 1 unspecified atom stereocenters. The molecule has 1 aromatic rings. The second kappa shape index (κ2) is 6.56. The fourth-order valence-electron chi connectivity index (χ4n) is 1.83. The summed E-state index contributed by atoms with van der Waals surface area (Å²) in [5, 5.41) is 0. The molecule has 1 rings (SSSR count). The average Bonchev–Trinajstić information content (AvgIpc) is 2.26. The van der Waals surface area contributed by atoms with Crippen molar-refractivity contribution >= 4 is 7.60 Å². The van der Waals surface area contributed by atoms with Gasteiger partial charge >= 0.3 is 7.60 Å². The van der Waals surface area contributed by atoms with Crippen LogP contribution in [0.2, 0.25) is 0 Å². The Balaban J connectivity index is 2.98. The highest BCUT2D eigenvalue weighted by atomic mass is 31.2. The van der Waals surface area contributed by atoms with Crippen molar-refractivity contribution in [2.24, 2.45) is 0 Å². The largest absolute Gasteiger partial charge is 0.466 e. The molecule has 4 nitrogen and oxygen atoms in total. The molecule has 0 amide bonds. The van der Waals surface area contributed by atoms with Crippen molar-refractivity contribution in [3.63, 3.8) is 0 Å². The third-order valence-corrected chi connectivity index (χ3v) is 3.40. The summed E-state index contributed by atoms with van der Waals surface area (Å²) < 4.78 is 21.5. The van der Waals surface area contributed by atoms with Crippen LogP contribution in [0.1, 0.15) is 50.7 Å². The summed E-state index contributed by atoms with van der Waals surface area (Å²) in [5.74, 6) is 1.40. The minimum atomic E-state index is -3.51. The van der Waals surface area contributed by atoms with Crippen LogP contribution in [-0.2, 0) is 9.09 Å². The van der Waals surface area contributed by atoms with Gasteiger partial charge in [-0.25, -0.2) is 0 Å². The first-order valence-electron chi connectivity index (χ1n) is 6.42. The van der Waals surface area contributed by atoms with Crippen LogP contribution in [0.15, 0.2) is 18.2 Å². The zero-order valence-corrected chi connectivity index (χ0v) is 13.1. The molecule has 19 heavy (non-hydrogen) atoms. The summed E-state index contributed by atoms with van der Waals surface area (Å²) >= 11 is 0. The van der Waals surface area contributed by atoms with Crippen LogP contribution in [0.4, 0.5) is 0 Å². The lowest BCUT2D eigenvalue weighted by molar-refractivity contribution is 0.105. The van der Waals surface area contributed by atoms with Gasteiger partial charge in [0.2, 0.25) is 0 Å². The third-order valence-electron chi connectivity index (χ3n) is 2.82. The van der Waals surface area contributed by atoms with Crippen LogP contribution in [0.25, 0.3) is 0 Å². The van der Waals surface area contributed by atoms with Gasteiger partial charge in [-0.15, -0.1) is 0 Å². The van der Waals surface area contributed by atoms with E-state index in [9.17, 15) is 4.57 Å². The molecule has 0 radical (unpaired) electrons. The van der Waals surface area contributed by atoms with Crippen molar-refractivity contribution in [3.05, 3.63) is 29.3 Å². The number of hydrogen-bond donors (Lipinski definition) is 1. The van der Waals surface area contributed by atoms with Crippen LogP contribution >= 0.6 is 7.60 Å². The highest BCUT2D eigenvalue weighted by molar-refractivity contribution is 7.51. The van der Waals surface area contributed by atoms with Crippen molar-refractivity contribution in [2.45, 2.75) is 39.5 Å². The van der Waals surface area contributed by atoms with E-state index >= 15 is 0 Å². The normalized spacial score (nSPS) is 14.7. The highest BCUT2D eigenvalue weighted by Gasteiger charge is 2.16. The molecule has 5 heteroatoms. The van der Waals surface area contributed by atoms with E-state index in [0.717, 1.165) is 23.5 Å². The number of ether oxygens (including phenoxy) is 1. The monoisotopic (exact) mass is 286 g/mol. The van der Waals surface area contributed by atoms with Gasteiger partial charge in [0.05, 0.1) is 0 Å². The standard InChI is InChI=1S/C14H23O4P/c1-10(2)12-7-6-8-13(11(3)4)14(12)17-9-18-19(5,15)16/h6-8,10-11H,9H2,1-5H3,(H,15,16). The molecule has 0 saturated heterocycles. The molecule has 0 aliphatic heterocycles. The summed E-state index contributed by atoms with van der Waals surface area (Å²) in [4.78, 5) is 9.11. The van der Waals surface area contributed by atoms with Gasteiger partial charge in [0, 0.05) is 6.66 Å². The van der Waals surface area contributed by atoms with E-state index in [1.165, 1.54) is 0 Å². The van der Waals surface area contributed by atoms with E-state index < -0.39 is 7.60 Å². The van der Waals surface area contributed by atoms with Crippen molar-refractivity contribution < 1.29 is 18.7 Å². The minimum Gasteiger partial charge on any atom is -0.466 e. The summed E-state index contributed by atoms with van der Waals surface area (Å²) in [6.07, 6.45) is 0. The Morgan fingerprint density at radius 3 is 2.00 bits per heavy atom. The Hall–Kier alpha value is -0.830. The molecule has 0 aromatic heterocycles. The van der Waals surface area contributed by atoms with Crippen LogP contribution in [0.5, 0.6) is 5.75 Å². The molecule has 108 valence electrons. The topological polar surface area (TPSA) is 55.8 Å². The second-order valence-electron chi connectivity index (χ2n) is 5.27. The molecule has 0 aliphatic carbocycles. The van der Waals surface area contributed by atoms with Gasteiger partial charge in [-0.2, -0.15) is 0 Å². The van der Waals surface area contributed by atoms with Gasteiger partial charge in [-0.05, 0) is 23.0 Å². The molecule has 0 bridgehead atoms.